The molecular formula is C11H12ClN3O2. The highest BCUT2D eigenvalue weighted by molar-refractivity contribution is 5.87. The van der Waals surface area contributed by atoms with Crippen LogP contribution >= 0.6 is 12.4 Å². The van der Waals surface area contributed by atoms with Crippen molar-refractivity contribution in [1.29, 1.82) is 0 Å². The fourth-order valence-corrected chi connectivity index (χ4v) is 1.46. The highest BCUT2D eigenvalue weighted by atomic mass is 35.5. The van der Waals surface area contributed by atoms with Crippen LogP contribution in [0.4, 0.5) is 0 Å². The van der Waals surface area contributed by atoms with Crippen molar-refractivity contribution in [1.82, 2.24) is 14.8 Å². The van der Waals surface area contributed by atoms with E-state index in [1.165, 1.54) is 0 Å². The number of carboxylic acid groups (broad SMARTS) is 1. The highest BCUT2D eigenvalue weighted by Gasteiger charge is 2.06. The number of aryl methyl sites for hydroxylation is 1. The molecule has 1 N–H and O–H groups in total. The van der Waals surface area contributed by atoms with Crippen LogP contribution in [0.3, 0.4) is 0 Å². The summed E-state index contributed by atoms with van der Waals surface area (Å²) in [7, 11) is 1.86. The van der Waals surface area contributed by atoms with Crippen molar-refractivity contribution in [3.63, 3.8) is 0 Å². The maximum Gasteiger partial charge on any atom is 0.335 e. The zero-order valence-electron chi connectivity index (χ0n) is 9.20. The molecule has 1 aromatic heterocycles. The molecule has 0 atom stereocenters. The Hall–Kier alpha value is -1.88. The zero-order valence-corrected chi connectivity index (χ0v) is 10.0. The molecule has 0 radical (unpaired) electrons. The Morgan fingerprint density at radius 1 is 1.47 bits per heavy atom. The van der Waals surface area contributed by atoms with Crippen molar-refractivity contribution in [2.24, 2.45) is 7.05 Å². The largest absolute Gasteiger partial charge is 0.478 e. The average Bonchev–Trinajstić information content (AvgIpc) is 2.65. The van der Waals surface area contributed by atoms with E-state index >= 15 is 0 Å². The molecule has 0 bridgehead atoms. The van der Waals surface area contributed by atoms with E-state index in [4.69, 9.17) is 5.11 Å². The van der Waals surface area contributed by atoms with Crippen molar-refractivity contribution in [2.75, 3.05) is 0 Å². The van der Waals surface area contributed by atoms with Crippen molar-refractivity contribution < 1.29 is 9.90 Å². The van der Waals surface area contributed by atoms with Gasteiger partial charge in [0.1, 0.15) is 12.2 Å². The van der Waals surface area contributed by atoms with Crippen LogP contribution in [0.2, 0.25) is 0 Å². The van der Waals surface area contributed by atoms with E-state index in [-0.39, 0.29) is 12.4 Å². The number of carboxylic acids is 1. The molecule has 17 heavy (non-hydrogen) atoms. The first kappa shape index (κ1) is 13.2. The molecule has 5 nitrogen and oxygen atoms in total. The van der Waals surface area contributed by atoms with E-state index in [0.29, 0.717) is 12.0 Å². The molecule has 0 aliphatic carbocycles. The van der Waals surface area contributed by atoms with Crippen LogP contribution in [0.1, 0.15) is 21.7 Å². The summed E-state index contributed by atoms with van der Waals surface area (Å²) in [5.41, 5.74) is 1.20. The lowest BCUT2D eigenvalue weighted by atomic mass is 10.1. The third-order valence-electron chi connectivity index (χ3n) is 2.34. The van der Waals surface area contributed by atoms with Crippen molar-refractivity contribution in [3.8, 4) is 0 Å². The summed E-state index contributed by atoms with van der Waals surface area (Å²) in [5.74, 6) is -0.109. The van der Waals surface area contributed by atoms with Crippen LogP contribution < -0.4 is 0 Å². The molecule has 2 aromatic rings. The number of hydrogen-bond donors (Lipinski definition) is 1. The predicted molar refractivity (Wildman–Crippen MR) is 64.5 cm³/mol. The number of rotatable bonds is 3. The fourth-order valence-electron chi connectivity index (χ4n) is 1.46. The number of carbonyl (C=O) groups is 1. The lowest BCUT2D eigenvalue weighted by Crippen LogP contribution is -2.01. The van der Waals surface area contributed by atoms with Crippen molar-refractivity contribution in [3.05, 3.63) is 47.5 Å². The van der Waals surface area contributed by atoms with Crippen LogP contribution in [0.5, 0.6) is 0 Å². The topological polar surface area (TPSA) is 68.0 Å². The van der Waals surface area contributed by atoms with Gasteiger partial charge in [-0.3, -0.25) is 0 Å². The molecule has 0 aliphatic heterocycles. The number of aromatic nitrogens is 3. The monoisotopic (exact) mass is 253 g/mol. The van der Waals surface area contributed by atoms with E-state index in [1.54, 1.807) is 24.5 Å². The van der Waals surface area contributed by atoms with Gasteiger partial charge in [-0.1, -0.05) is 12.1 Å². The third-order valence-corrected chi connectivity index (χ3v) is 2.34. The van der Waals surface area contributed by atoms with Crippen molar-refractivity contribution >= 4 is 18.4 Å². The molecule has 0 spiro atoms. The quantitative estimate of drug-likeness (QED) is 0.901. The van der Waals surface area contributed by atoms with Gasteiger partial charge in [-0.25, -0.2) is 4.79 Å². The summed E-state index contributed by atoms with van der Waals surface area (Å²) in [6.45, 7) is 0. The SMILES string of the molecule is Cl.Cn1cnnc1Cc1cccc(C(=O)O)c1. The Balaban J connectivity index is 0.00000144. The molecule has 0 fully saturated rings. The van der Waals surface area contributed by atoms with E-state index in [2.05, 4.69) is 10.2 Å². The Labute approximate surface area is 105 Å². The maximum absolute atomic E-state index is 10.8. The summed E-state index contributed by atoms with van der Waals surface area (Å²) in [6, 6.07) is 6.83. The third kappa shape index (κ3) is 3.04. The predicted octanol–water partition coefficient (Wildman–Crippen LogP) is 1.53. The second-order valence-corrected chi connectivity index (χ2v) is 3.54. The van der Waals surface area contributed by atoms with Gasteiger partial charge < -0.3 is 9.67 Å². The highest BCUT2D eigenvalue weighted by Crippen LogP contribution is 2.09. The maximum atomic E-state index is 10.8. The minimum atomic E-state index is -0.917. The van der Waals surface area contributed by atoms with E-state index < -0.39 is 5.97 Å². The second kappa shape index (κ2) is 5.45. The summed E-state index contributed by atoms with van der Waals surface area (Å²) < 4.78 is 1.81. The van der Waals surface area contributed by atoms with Gasteiger partial charge in [0.2, 0.25) is 0 Å². The van der Waals surface area contributed by atoms with E-state index in [0.717, 1.165) is 11.4 Å². The zero-order chi connectivity index (χ0) is 11.5. The number of halogens is 1. The first-order valence-corrected chi connectivity index (χ1v) is 4.82. The Morgan fingerprint density at radius 2 is 2.24 bits per heavy atom. The molecule has 0 saturated carbocycles. The van der Waals surface area contributed by atoms with Crippen LogP contribution in [-0.2, 0) is 13.5 Å². The second-order valence-electron chi connectivity index (χ2n) is 3.54. The summed E-state index contributed by atoms with van der Waals surface area (Å²) in [5, 5.41) is 16.6. The van der Waals surface area contributed by atoms with E-state index in [9.17, 15) is 4.79 Å². The first-order valence-electron chi connectivity index (χ1n) is 4.82. The minimum absolute atomic E-state index is 0. The van der Waals surface area contributed by atoms with Gasteiger partial charge in [-0.15, -0.1) is 22.6 Å². The molecule has 0 aliphatic rings. The molecule has 1 aromatic carbocycles. The van der Waals surface area contributed by atoms with Gasteiger partial charge in [-0.2, -0.15) is 0 Å². The molecule has 0 saturated heterocycles. The number of hydrogen-bond acceptors (Lipinski definition) is 3. The molecule has 90 valence electrons. The number of benzene rings is 1. The number of aromatic carboxylic acids is 1. The molecule has 6 heteroatoms. The lowest BCUT2D eigenvalue weighted by molar-refractivity contribution is 0.0697. The smallest absolute Gasteiger partial charge is 0.335 e. The molecular weight excluding hydrogens is 242 g/mol. The fraction of sp³-hybridized carbons (Fsp3) is 0.182. The Bertz CT molecular complexity index is 525. The average molecular weight is 254 g/mol. The molecule has 1 heterocycles. The van der Waals surface area contributed by atoms with Gasteiger partial charge in [-0.05, 0) is 17.7 Å². The minimum Gasteiger partial charge on any atom is -0.478 e. The summed E-state index contributed by atoms with van der Waals surface area (Å²) in [6.07, 6.45) is 2.20. The normalized spacial score (nSPS) is 9.71. The summed E-state index contributed by atoms with van der Waals surface area (Å²) in [4.78, 5) is 10.8. The van der Waals surface area contributed by atoms with E-state index in [1.807, 2.05) is 17.7 Å². The van der Waals surface area contributed by atoms with Gasteiger partial charge in [0.25, 0.3) is 0 Å². The van der Waals surface area contributed by atoms with Crippen LogP contribution in [-0.4, -0.2) is 25.8 Å². The standard InChI is InChI=1S/C11H11N3O2.ClH/c1-14-7-12-13-10(14)6-8-3-2-4-9(5-8)11(15)16;/h2-5,7H,6H2,1H3,(H,15,16);1H. The van der Waals surface area contributed by atoms with Crippen LogP contribution in [0.25, 0.3) is 0 Å². The van der Waals surface area contributed by atoms with Gasteiger partial charge >= 0.3 is 5.97 Å². The Morgan fingerprint density at radius 3 is 2.82 bits per heavy atom. The molecule has 2 rings (SSSR count). The lowest BCUT2D eigenvalue weighted by Gasteiger charge is -2.02. The molecule has 0 amide bonds. The summed E-state index contributed by atoms with van der Waals surface area (Å²) >= 11 is 0. The van der Waals surface area contributed by atoms with Gasteiger partial charge in [0.05, 0.1) is 5.56 Å². The molecule has 0 unspecified atom stereocenters. The first-order chi connectivity index (χ1) is 7.66. The van der Waals surface area contributed by atoms with Crippen molar-refractivity contribution in [2.45, 2.75) is 6.42 Å². The van der Waals surface area contributed by atoms with Crippen LogP contribution in [0, 0.1) is 0 Å². The Kier molecular flexibility index (Phi) is 4.23. The van der Waals surface area contributed by atoms with Crippen LogP contribution in [0.15, 0.2) is 30.6 Å². The van der Waals surface area contributed by atoms with Gasteiger partial charge in [0.15, 0.2) is 0 Å². The van der Waals surface area contributed by atoms with Gasteiger partial charge in [0, 0.05) is 13.5 Å². The number of nitrogens with zero attached hydrogens (tertiary/aromatic N) is 3.